The predicted octanol–water partition coefficient (Wildman–Crippen LogP) is 4.28. The van der Waals surface area contributed by atoms with Gasteiger partial charge in [0, 0.05) is 21.9 Å². The lowest BCUT2D eigenvalue weighted by Gasteiger charge is -2.17. The Morgan fingerprint density at radius 3 is 2.82 bits per heavy atom. The lowest BCUT2D eigenvalue weighted by Crippen LogP contribution is -2.16. The fourth-order valence-electron chi connectivity index (χ4n) is 1.55. The van der Waals surface area contributed by atoms with E-state index in [0.29, 0.717) is 6.04 Å². The minimum atomic E-state index is 0.480. The molecule has 1 atom stereocenters. The van der Waals surface area contributed by atoms with Crippen LogP contribution in [0.5, 0.6) is 0 Å². The lowest BCUT2D eigenvalue weighted by atomic mass is 10.1. The van der Waals surface area contributed by atoms with Gasteiger partial charge in [0.2, 0.25) is 0 Å². The fraction of sp³-hybridized carbons (Fsp3) is 0.538. The summed E-state index contributed by atoms with van der Waals surface area (Å²) in [7, 11) is 0. The number of halogens is 1. The van der Waals surface area contributed by atoms with Crippen molar-refractivity contribution >= 4 is 39.1 Å². The molecule has 0 aliphatic rings. The molecule has 0 aliphatic heterocycles. The molecule has 1 aromatic carbocycles. The van der Waals surface area contributed by atoms with Gasteiger partial charge in [0.15, 0.2) is 0 Å². The van der Waals surface area contributed by atoms with Crippen LogP contribution in [-0.2, 0) is 0 Å². The van der Waals surface area contributed by atoms with E-state index in [1.807, 2.05) is 24.8 Å². The smallest absolute Gasteiger partial charge is 0.0490 e. The molecular formula is C13H21BrN2S. The van der Waals surface area contributed by atoms with Crippen molar-refractivity contribution in [2.75, 3.05) is 22.6 Å². The highest BCUT2D eigenvalue weighted by atomic mass is 79.9. The Kier molecular flexibility index (Phi) is 6.20. The van der Waals surface area contributed by atoms with Crippen molar-refractivity contribution in [2.45, 2.75) is 33.2 Å². The molecule has 17 heavy (non-hydrogen) atoms. The first-order valence-electron chi connectivity index (χ1n) is 5.94. The summed E-state index contributed by atoms with van der Waals surface area (Å²) in [4.78, 5) is 0. The minimum absolute atomic E-state index is 0.480. The largest absolute Gasteiger partial charge is 0.398 e. The van der Waals surface area contributed by atoms with Crippen molar-refractivity contribution in [2.24, 2.45) is 0 Å². The van der Waals surface area contributed by atoms with Gasteiger partial charge in [0.25, 0.3) is 0 Å². The fourth-order valence-corrected chi connectivity index (χ4v) is 2.83. The van der Waals surface area contributed by atoms with Crippen LogP contribution >= 0.6 is 27.7 Å². The number of aryl methyl sites for hydroxylation is 1. The van der Waals surface area contributed by atoms with Crippen LogP contribution in [-0.4, -0.2) is 17.5 Å². The predicted molar refractivity (Wildman–Crippen MR) is 84.0 cm³/mol. The highest BCUT2D eigenvalue weighted by molar-refractivity contribution is 9.10. The van der Waals surface area contributed by atoms with Gasteiger partial charge in [-0.05, 0) is 65.4 Å². The zero-order chi connectivity index (χ0) is 12.8. The quantitative estimate of drug-likeness (QED) is 0.607. The molecule has 3 N–H and O–H groups in total. The van der Waals surface area contributed by atoms with Crippen molar-refractivity contribution in [1.29, 1.82) is 0 Å². The Bertz CT molecular complexity index is 369. The number of nitrogens with two attached hydrogens (primary N) is 1. The van der Waals surface area contributed by atoms with Crippen LogP contribution in [0, 0.1) is 6.92 Å². The van der Waals surface area contributed by atoms with E-state index < -0.39 is 0 Å². The summed E-state index contributed by atoms with van der Waals surface area (Å²) in [6.07, 6.45) is 1.17. The molecule has 0 bridgehead atoms. The van der Waals surface area contributed by atoms with Crippen molar-refractivity contribution in [3.05, 3.63) is 22.2 Å². The average molecular weight is 317 g/mol. The van der Waals surface area contributed by atoms with Gasteiger partial charge < -0.3 is 11.1 Å². The maximum Gasteiger partial charge on any atom is 0.0490 e. The van der Waals surface area contributed by atoms with E-state index in [1.165, 1.54) is 17.9 Å². The first-order valence-corrected chi connectivity index (χ1v) is 7.89. The van der Waals surface area contributed by atoms with E-state index in [1.54, 1.807) is 0 Å². The van der Waals surface area contributed by atoms with Crippen molar-refractivity contribution in [3.63, 3.8) is 0 Å². The molecule has 1 rings (SSSR count). The Balaban J connectivity index is 2.58. The van der Waals surface area contributed by atoms with Gasteiger partial charge in [-0.1, -0.05) is 6.92 Å². The first-order chi connectivity index (χ1) is 8.04. The third-order valence-corrected chi connectivity index (χ3v) is 4.25. The summed E-state index contributed by atoms with van der Waals surface area (Å²) in [5.74, 6) is 2.40. The highest BCUT2D eigenvalue weighted by Gasteiger charge is 2.07. The number of benzene rings is 1. The van der Waals surface area contributed by atoms with Crippen LogP contribution in [0.3, 0.4) is 0 Å². The van der Waals surface area contributed by atoms with Gasteiger partial charge in [-0.15, -0.1) is 0 Å². The number of nitrogens with one attached hydrogen (secondary N) is 1. The molecule has 4 heteroatoms. The molecule has 2 nitrogen and oxygen atoms in total. The molecule has 0 saturated heterocycles. The molecule has 0 radical (unpaired) electrons. The van der Waals surface area contributed by atoms with Crippen LogP contribution in [0.15, 0.2) is 16.6 Å². The Morgan fingerprint density at radius 2 is 2.18 bits per heavy atom. The number of hydrogen-bond donors (Lipinski definition) is 2. The zero-order valence-corrected chi connectivity index (χ0v) is 13.1. The van der Waals surface area contributed by atoms with Crippen molar-refractivity contribution in [1.82, 2.24) is 0 Å². The summed E-state index contributed by atoms with van der Waals surface area (Å²) in [5, 5.41) is 3.52. The topological polar surface area (TPSA) is 38.0 Å². The monoisotopic (exact) mass is 316 g/mol. The second-order valence-corrected chi connectivity index (χ2v) is 6.47. The number of thioether (sulfide) groups is 1. The van der Waals surface area contributed by atoms with Crippen LogP contribution in [0.1, 0.15) is 25.8 Å². The second-order valence-electron chi connectivity index (χ2n) is 4.22. The van der Waals surface area contributed by atoms with Crippen molar-refractivity contribution < 1.29 is 0 Å². The average Bonchev–Trinajstić information content (AvgIpc) is 2.26. The van der Waals surface area contributed by atoms with E-state index in [4.69, 9.17) is 5.73 Å². The molecule has 0 saturated carbocycles. The Labute approximate surface area is 117 Å². The molecule has 0 aliphatic carbocycles. The van der Waals surface area contributed by atoms with E-state index in [-0.39, 0.29) is 0 Å². The van der Waals surface area contributed by atoms with Gasteiger partial charge in [-0.3, -0.25) is 0 Å². The molecule has 96 valence electrons. The normalized spacial score (nSPS) is 12.5. The molecule has 0 amide bonds. The van der Waals surface area contributed by atoms with Crippen LogP contribution < -0.4 is 11.1 Å². The summed E-state index contributed by atoms with van der Waals surface area (Å²) in [6.45, 7) is 6.45. The van der Waals surface area contributed by atoms with E-state index in [9.17, 15) is 0 Å². The van der Waals surface area contributed by atoms with Gasteiger partial charge in [-0.25, -0.2) is 0 Å². The zero-order valence-electron chi connectivity index (χ0n) is 10.7. The van der Waals surface area contributed by atoms with Crippen molar-refractivity contribution in [3.8, 4) is 0 Å². The van der Waals surface area contributed by atoms with E-state index in [2.05, 4.69) is 41.2 Å². The molecule has 1 unspecified atom stereocenters. The van der Waals surface area contributed by atoms with Crippen LogP contribution in [0.25, 0.3) is 0 Å². The second kappa shape index (κ2) is 7.17. The van der Waals surface area contributed by atoms with Gasteiger partial charge in [0.05, 0.1) is 0 Å². The maximum atomic E-state index is 5.86. The summed E-state index contributed by atoms with van der Waals surface area (Å²) < 4.78 is 1.04. The minimum Gasteiger partial charge on any atom is -0.398 e. The standard InChI is InChI=1S/C13H21BrN2S/c1-4-17-6-5-10(3)16-13-7-9(2)12(15)8-11(13)14/h7-8,10,16H,4-6,15H2,1-3H3. The summed E-state index contributed by atoms with van der Waals surface area (Å²) in [5.41, 5.74) is 8.93. The Morgan fingerprint density at radius 1 is 1.47 bits per heavy atom. The van der Waals surface area contributed by atoms with Gasteiger partial charge in [0.1, 0.15) is 0 Å². The van der Waals surface area contributed by atoms with E-state index in [0.717, 1.165) is 21.4 Å². The number of anilines is 2. The summed E-state index contributed by atoms with van der Waals surface area (Å²) in [6, 6.07) is 4.54. The molecule has 0 spiro atoms. The molecule has 0 aromatic heterocycles. The first kappa shape index (κ1) is 14.7. The Hall–Kier alpha value is -0.350. The molecule has 0 heterocycles. The van der Waals surface area contributed by atoms with E-state index >= 15 is 0 Å². The third kappa shape index (κ3) is 4.80. The third-order valence-electron chi connectivity index (χ3n) is 2.66. The highest BCUT2D eigenvalue weighted by Crippen LogP contribution is 2.28. The lowest BCUT2D eigenvalue weighted by molar-refractivity contribution is 0.771. The maximum absolute atomic E-state index is 5.86. The van der Waals surface area contributed by atoms with Crippen LogP contribution in [0.2, 0.25) is 0 Å². The van der Waals surface area contributed by atoms with Gasteiger partial charge >= 0.3 is 0 Å². The number of rotatable bonds is 6. The molecular weight excluding hydrogens is 296 g/mol. The molecule has 1 aromatic rings. The number of nitrogen functional groups attached to an aromatic ring is 1. The SMILES string of the molecule is CCSCCC(C)Nc1cc(C)c(N)cc1Br. The van der Waals surface area contributed by atoms with Gasteiger partial charge in [-0.2, -0.15) is 11.8 Å². The summed E-state index contributed by atoms with van der Waals surface area (Å²) >= 11 is 5.53. The number of hydrogen-bond acceptors (Lipinski definition) is 3. The molecule has 0 fully saturated rings. The van der Waals surface area contributed by atoms with Crippen LogP contribution in [0.4, 0.5) is 11.4 Å².